The van der Waals surface area contributed by atoms with Crippen molar-refractivity contribution in [3.8, 4) is 22.1 Å². The molecule has 0 spiro atoms. The average Bonchev–Trinajstić information content (AvgIpc) is 3.51. The first-order valence-corrected chi connectivity index (χ1v) is 10.4. The fourth-order valence-electron chi connectivity index (χ4n) is 3.77. The molecule has 6 heterocycles. The van der Waals surface area contributed by atoms with Crippen molar-refractivity contribution in [2.45, 2.75) is 6.42 Å². The summed E-state index contributed by atoms with van der Waals surface area (Å²) in [7, 11) is 0. The summed E-state index contributed by atoms with van der Waals surface area (Å²) in [6.07, 6.45) is 4.82. The van der Waals surface area contributed by atoms with E-state index in [1.54, 1.807) is 12.3 Å². The van der Waals surface area contributed by atoms with Crippen molar-refractivity contribution in [1.82, 2.24) is 35.5 Å². The summed E-state index contributed by atoms with van der Waals surface area (Å²) in [5.74, 6) is 0.603. The van der Waals surface area contributed by atoms with Crippen molar-refractivity contribution < 1.29 is 4.39 Å². The topological polar surface area (TPSA) is 95.2 Å². The molecule has 0 radical (unpaired) electrons. The number of hydrogen-bond donors (Lipinski definition) is 3. The van der Waals surface area contributed by atoms with Gasteiger partial charge in [-0.1, -0.05) is 6.08 Å². The number of aromatic amines is 2. The van der Waals surface area contributed by atoms with Crippen LogP contribution in [0.3, 0.4) is 0 Å². The quantitative estimate of drug-likeness (QED) is 0.410. The van der Waals surface area contributed by atoms with E-state index in [0.717, 1.165) is 58.0 Å². The van der Waals surface area contributed by atoms with Crippen LogP contribution in [0.5, 0.6) is 0 Å². The van der Waals surface area contributed by atoms with Gasteiger partial charge in [-0.3, -0.25) is 10.1 Å². The number of halogens is 1. The molecule has 30 heavy (non-hydrogen) atoms. The summed E-state index contributed by atoms with van der Waals surface area (Å²) in [6.45, 7) is 1.81. The minimum absolute atomic E-state index is 0.248. The van der Waals surface area contributed by atoms with Crippen LogP contribution < -0.4 is 5.32 Å². The summed E-state index contributed by atoms with van der Waals surface area (Å²) in [5.41, 5.74) is 6.61. The van der Waals surface area contributed by atoms with Gasteiger partial charge in [-0.25, -0.2) is 9.97 Å². The number of imidazole rings is 1. The second kappa shape index (κ2) is 6.82. The van der Waals surface area contributed by atoms with E-state index in [9.17, 15) is 4.39 Å². The Labute approximate surface area is 174 Å². The number of pyridine rings is 2. The van der Waals surface area contributed by atoms with Crippen LogP contribution in [0.15, 0.2) is 42.6 Å². The summed E-state index contributed by atoms with van der Waals surface area (Å²) in [4.78, 5) is 18.1. The van der Waals surface area contributed by atoms with Crippen LogP contribution in [-0.4, -0.2) is 43.2 Å². The molecule has 148 valence electrons. The van der Waals surface area contributed by atoms with E-state index in [1.807, 2.05) is 18.2 Å². The molecule has 3 N–H and O–H groups in total. The van der Waals surface area contributed by atoms with E-state index in [1.165, 1.54) is 11.6 Å². The van der Waals surface area contributed by atoms with E-state index in [2.05, 4.69) is 31.6 Å². The molecule has 0 bridgehead atoms. The standard InChI is InChI=1S/C21H16FN7S/c22-16-4-3-15(30-16)19-17-13(7-10-24-19)26-21(27-17)20-18-14(28-29-20)2-1-12(25-18)11-5-8-23-9-6-11/h1-5,7,10,23H,6,8-9H2,(H,26,27)(H,28,29). The van der Waals surface area contributed by atoms with Gasteiger partial charge in [0.1, 0.15) is 16.7 Å². The van der Waals surface area contributed by atoms with Gasteiger partial charge in [0.05, 0.1) is 21.6 Å². The molecule has 5 aromatic rings. The number of aromatic nitrogens is 6. The second-order valence-corrected chi connectivity index (χ2v) is 8.13. The van der Waals surface area contributed by atoms with Crippen molar-refractivity contribution in [2.75, 3.05) is 13.1 Å². The fourth-order valence-corrected chi connectivity index (χ4v) is 4.50. The van der Waals surface area contributed by atoms with Crippen molar-refractivity contribution in [2.24, 2.45) is 0 Å². The first-order chi connectivity index (χ1) is 14.8. The molecule has 0 aromatic carbocycles. The number of thiophene rings is 1. The minimum atomic E-state index is -0.248. The number of H-pyrrole nitrogens is 2. The zero-order chi connectivity index (χ0) is 20.1. The van der Waals surface area contributed by atoms with Gasteiger partial charge in [0, 0.05) is 12.7 Å². The largest absolute Gasteiger partial charge is 0.336 e. The maximum absolute atomic E-state index is 13.5. The van der Waals surface area contributed by atoms with E-state index < -0.39 is 0 Å². The Balaban J connectivity index is 1.49. The Kier molecular flexibility index (Phi) is 3.96. The van der Waals surface area contributed by atoms with E-state index in [0.29, 0.717) is 22.7 Å². The number of fused-ring (bicyclic) bond motifs is 2. The van der Waals surface area contributed by atoms with E-state index >= 15 is 0 Å². The monoisotopic (exact) mass is 417 g/mol. The third-order valence-electron chi connectivity index (χ3n) is 5.23. The van der Waals surface area contributed by atoms with Crippen LogP contribution in [0.25, 0.3) is 49.7 Å². The van der Waals surface area contributed by atoms with Crippen LogP contribution in [0.1, 0.15) is 12.1 Å². The zero-order valence-electron chi connectivity index (χ0n) is 15.7. The molecule has 0 aliphatic carbocycles. The van der Waals surface area contributed by atoms with E-state index in [-0.39, 0.29) is 5.13 Å². The summed E-state index contributed by atoms with van der Waals surface area (Å²) in [6, 6.07) is 9.04. The lowest BCUT2D eigenvalue weighted by Gasteiger charge is -2.13. The number of nitrogens with one attached hydrogen (secondary N) is 3. The molecule has 0 fully saturated rings. The average molecular weight is 417 g/mol. The van der Waals surface area contributed by atoms with Gasteiger partial charge in [-0.15, -0.1) is 11.3 Å². The highest BCUT2D eigenvalue weighted by atomic mass is 32.1. The molecular weight excluding hydrogens is 401 g/mol. The molecular formula is C21H16FN7S. The third-order valence-corrected chi connectivity index (χ3v) is 6.11. The molecule has 5 aromatic heterocycles. The van der Waals surface area contributed by atoms with Crippen LogP contribution in [0.2, 0.25) is 0 Å². The van der Waals surface area contributed by atoms with Crippen LogP contribution >= 0.6 is 11.3 Å². The predicted octanol–water partition coefficient (Wildman–Crippen LogP) is 4.14. The van der Waals surface area contributed by atoms with Gasteiger partial charge in [0.25, 0.3) is 0 Å². The Bertz CT molecular complexity index is 1430. The van der Waals surface area contributed by atoms with Gasteiger partial charge in [-0.2, -0.15) is 9.49 Å². The minimum Gasteiger partial charge on any atom is -0.336 e. The SMILES string of the molecule is Fc1ccc(-c2nccc3[nH]c(-c4n[nH]c5ccc(C6=CCNCC6)nc45)nc23)s1. The summed E-state index contributed by atoms with van der Waals surface area (Å²) < 4.78 is 13.5. The highest BCUT2D eigenvalue weighted by Gasteiger charge is 2.18. The van der Waals surface area contributed by atoms with E-state index in [4.69, 9.17) is 9.97 Å². The van der Waals surface area contributed by atoms with Crippen molar-refractivity contribution in [1.29, 1.82) is 0 Å². The Morgan fingerprint density at radius 1 is 0.967 bits per heavy atom. The van der Waals surface area contributed by atoms with Crippen LogP contribution in [0.4, 0.5) is 4.39 Å². The highest BCUT2D eigenvalue weighted by Crippen LogP contribution is 2.33. The lowest BCUT2D eigenvalue weighted by atomic mass is 10.1. The number of nitrogens with zero attached hydrogens (tertiary/aromatic N) is 4. The molecule has 0 amide bonds. The molecule has 6 rings (SSSR count). The molecule has 0 saturated heterocycles. The molecule has 0 saturated carbocycles. The van der Waals surface area contributed by atoms with Gasteiger partial charge < -0.3 is 10.3 Å². The maximum Gasteiger partial charge on any atom is 0.177 e. The molecule has 9 heteroatoms. The van der Waals surface area contributed by atoms with Crippen LogP contribution in [0, 0.1) is 5.13 Å². The molecule has 0 unspecified atom stereocenters. The summed E-state index contributed by atoms with van der Waals surface area (Å²) >= 11 is 1.05. The van der Waals surface area contributed by atoms with Gasteiger partial charge in [0.2, 0.25) is 0 Å². The highest BCUT2D eigenvalue weighted by molar-refractivity contribution is 7.13. The summed E-state index contributed by atoms with van der Waals surface area (Å²) in [5, 5.41) is 10.6. The maximum atomic E-state index is 13.5. The fraction of sp³-hybridized carbons (Fsp3) is 0.143. The second-order valence-electron chi connectivity index (χ2n) is 7.09. The molecule has 1 aliphatic heterocycles. The van der Waals surface area contributed by atoms with Crippen molar-refractivity contribution >= 4 is 39.0 Å². The lowest BCUT2D eigenvalue weighted by Crippen LogP contribution is -2.20. The first-order valence-electron chi connectivity index (χ1n) is 9.62. The van der Waals surface area contributed by atoms with Crippen molar-refractivity contribution in [3.63, 3.8) is 0 Å². The molecule has 1 aliphatic rings. The molecule has 7 nitrogen and oxygen atoms in total. The predicted molar refractivity (Wildman–Crippen MR) is 116 cm³/mol. The van der Waals surface area contributed by atoms with Gasteiger partial charge in [-0.05, 0) is 48.9 Å². The Morgan fingerprint density at radius 3 is 2.73 bits per heavy atom. The molecule has 0 atom stereocenters. The Morgan fingerprint density at radius 2 is 1.90 bits per heavy atom. The van der Waals surface area contributed by atoms with Gasteiger partial charge in [0.15, 0.2) is 16.6 Å². The number of rotatable bonds is 3. The van der Waals surface area contributed by atoms with Gasteiger partial charge >= 0.3 is 0 Å². The normalized spacial score (nSPS) is 14.5. The Hall–Kier alpha value is -3.43. The van der Waals surface area contributed by atoms with Crippen LogP contribution in [-0.2, 0) is 0 Å². The lowest BCUT2D eigenvalue weighted by molar-refractivity contribution is 0.657. The first kappa shape index (κ1) is 17.4. The zero-order valence-corrected chi connectivity index (χ0v) is 16.6. The van der Waals surface area contributed by atoms with Crippen molar-refractivity contribution in [3.05, 3.63) is 53.4 Å². The third kappa shape index (κ3) is 2.82. The smallest absolute Gasteiger partial charge is 0.177 e. The number of hydrogen-bond acceptors (Lipinski definition) is 6.